The first-order chi connectivity index (χ1) is 15.1. The number of ether oxygens (including phenoxy) is 2. The Kier molecular flexibility index (Phi) is 9.14. The Morgan fingerprint density at radius 1 is 1.09 bits per heavy atom. The molecule has 2 aromatic rings. The Hall–Kier alpha value is -2.99. The van der Waals surface area contributed by atoms with Crippen LogP contribution in [-0.4, -0.2) is 32.1 Å². The number of nitrogens with one attached hydrogen (secondary N) is 2. The van der Waals surface area contributed by atoms with Gasteiger partial charge in [-0.3, -0.25) is 9.59 Å². The number of halogens is 1. The molecule has 0 aliphatic carbocycles. The monoisotopic (exact) mass is 458 g/mol. The molecule has 0 saturated heterocycles. The molecular formula is C25H31ClN2O4. The van der Waals surface area contributed by atoms with E-state index in [-0.39, 0.29) is 12.5 Å². The summed E-state index contributed by atoms with van der Waals surface area (Å²) < 4.78 is 11.1. The van der Waals surface area contributed by atoms with Crippen molar-refractivity contribution in [3.63, 3.8) is 0 Å². The Morgan fingerprint density at radius 3 is 2.34 bits per heavy atom. The highest BCUT2D eigenvalue weighted by Crippen LogP contribution is 2.37. The van der Waals surface area contributed by atoms with Crippen LogP contribution in [0.1, 0.15) is 36.1 Å². The van der Waals surface area contributed by atoms with Gasteiger partial charge in [0.1, 0.15) is 0 Å². The lowest BCUT2D eigenvalue weighted by molar-refractivity contribution is -0.121. The molecule has 0 heterocycles. The number of hydrogen-bond donors (Lipinski definition) is 2. The van der Waals surface area contributed by atoms with Gasteiger partial charge >= 0.3 is 0 Å². The Balaban J connectivity index is 1.97. The number of anilines is 1. The number of hydrogen-bond acceptors (Lipinski definition) is 4. The van der Waals surface area contributed by atoms with Crippen molar-refractivity contribution < 1.29 is 19.1 Å². The largest absolute Gasteiger partial charge is 0.493 e. The van der Waals surface area contributed by atoms with Crippen LogP contribution in [0.25, 0.3) is 6.08 Å². The predicted octanol–water partition coefficient (Wildman–Crippen LogP) is 5.08. The van der Waals surface area contributed by atoms with Gasteiger partial charge in [0.25, 0.3) is 0 Å². The van der Waals surface area contributed by atoms with Gasteiger partial charge in [-0.15, -0.1) is 0 Å². The fourth-order valence-electron chi connectivity index (χ4n) is 3.19. The first-order valence-corrected chi connectivity index (χ1v) is 10.8. The van der Waals surface area contributed by atoms with Crippen molar-refractivity contribution in [2.75, 3.05) is 25.6 Å². The van der Waals surface area contributed by atoms with Gasteiger partial charge in [-0.1, -0.05) is 43.1 Å². The number of amides is 2. The molecule has 0 bridgehead atoms. The lowest BCUT2D eigenvalue weighted by Crippen LogP contribution is -2.32. The summed E-state index contributed by atoms with van der Waals surface area (Å²) in [5, 5.41) is 5.84. The number of carbonyl (C=O) groups excluding carboxylic acids is 2. The molecule has 0 aliphatic rings. The molecule has 7 heteroatoms. The minimum Gasteiger partial charge on any atom is -0.493 e. The van der Waals surface area contributed by atoms with Gasteiger partial charge in [-0.25, -0.2) is 0 Å². The van der Waals surface area contributed by atoms with Crippen LogP contribution in [-0.2, 0) is 9.59 Å². The number of methoxy groups -OCH3 is 1. The summed E-state index contributed by atoms with van der Waals surface area (Å²) in [4.78, 5) is 24.4. The maximum atomic E-state index is 12.3. The predicted molar refractivity (Wildman–Crippen MR) is 130 cm³/mol. The standard InChI is InChI=1S/C25H31ClN2O4/c1-15(2)14-32-25-20(26)11-19(12-21(25)31-6)7-8-22(29)27-13-23(30)28-24-17(4)9-16(3)10-18(24)5/h7-12,15H,13-14H2,1-6H3,(H,27,29)(H,28,30). The topological polar surface area (TPSA) is 76.7 Å². The summed E-state index contributed by atoms with van der Waals surface area (Å²) in [5.74, 6) is 0.616. The molecule has 0 fully saturated rings. The van der Waals surface area contributed by atoms with E-state index in [1.165, 1.54) is 13.2 Å². The van der Waals surface area contributed by atoms with E-state index >= 15 is 0 Å². The molecule has 6 nitrogen and oxygen atoms in total. The minimum absolute atomic E-state index is 0.137. The molecular weight excluding hydrogens is 428 g/mol. The number of carbonyl (C=O) groups is 2. The van der Waals surface area contributed by atoms with Crippen molar-refractivity contribution in [1.29, 1.82) is 0 Å². The van der Waals surface area contributed by atoms with Crippen LogP contribution >= 0.6 is 11.6 Å². The summed E-state index contributed by atoms with van der Waals surface area (Å²) in [6, 6.07) is 7.44. The molecule has 0 saturated carbocycles. The SMILES string of the molecule is COc1cc(C=CC(=O)NCC(=O)Nc2c(C)cc(C)cc2C)cc(Cl)c1OCC(C)C. The highest BCUT2D eigenvalue weighted by molar-refractivity contribution is 6.32. The average Bonchev–Trinajstić information content (AvgIpc) is 2.71. The zero-order chi connectivity index (χ0) is 23.8. The molecule has 172 valence electrons. The molecule has 2 N–H and O–H groups in total. The Morgan fingerprint density at radius 2 is 1.75 bits per heavy atom. The average molecular weight is 459 g/mol. The molecule has 2 aromatic carbocycles. The summed E-state index contributed by atoms with van der Waals surface area (Å²) in [6.45, 7) is 10.3. The van der Waals surface area contributed by atoms with Gasteiger partial charge in [0, 0.05) is 11.8 Å². The zero-order valence-corrected chi connectivity index (χ0v) is 20.2. The van der Waals surface area contributed by atoms with Crippen molar-refractivity contribution in [1.82, 2.24) is 5.32 Å². The second-order valence-corrected chi connectivity index (χ2v) is 8.52. The minimum atomic E-state index is -0.396. The van der Waals surface area contributed by atoms with Crippen molar-refractivity contribution in [3.8, 4) is 11.5 Å². The third-order valence-electron chi connectivity index (χ3n) is 4.60. The van der Waals surface area contributed by atoms with Gasteiger partial charge in [0.2, 0.25) is 11.8 Å². The third-order valence-corrected chi connectivity index (χ3v) is 4.89. The highest BCUT2D eigenvalue weighted by atomic mass is 35.5. The lowest BCUT2D eigenvalue weighted by Gasteiger charge is -2.14. The summed E-state index contributed by atoms with van der Waals surface area (Å²) in [6.07, 6.45) is 2.94. The summed E-state index contributed by atoms with van der Waals surface area (Å²) >= 11 is 6.33. The van der Waals surface area contributed by atoms with E-state index in [0.29, 0.717) is 34.6 Å². The van der Waals surface area contributed by atoms with Crippen LogP contribution in [0, 0.1) is 26.7 Å². The van der Waals surface area contributed by atoms with E-state index in [0.717, 1.165) is 22.4 Å². The van der Waals surface area contributed by atoms with E-state index in [1.54, 1.807) is 18.2 Å². The molecule has 0 radical (unpaired) electrons. The van der Waals surface area contributed by atoms with Crippen molar-refractivity contribution in [2.24, 2.45) is 5.92 Å². The molecule has 0 aliphatic heterocycles. The van der Waals surface area contributed by atoms with Gasteiger partial charge < -0.3 is 20.1 Å². The first kappa shape index (κ1) is 25.3. The normalized spacial score (nSPS) is 11.0. The third kappa shape index (κ3) is 7.31. The van der Waals surface area contributed by atoms with Crippen molar-refractivity contribution >= 4 is 35.2 Å². The molecule has 2 amide bonds. The van der Waals surface area contributed by atoms with Crippen LogP contribution in [0.2, 0.25) is 5.02 Å². The summed E-state index contributed by atoms with van der Waals surface area (Å²) in [5.41, 5.74) is 4.54. The maximum absolute atomic E-state index is 12.3. The van der Waals surface area contributed by atoms with E-state index in [4.69, 9.17) is 21.1 Å². The molecule has 0 atom stereocenters. The zero-order valence-electron chi connectivity index (χ0n) is 19.5. The quantitative estimate of drug-likeness (QED) is 0.514. The molecule has 0 aromatic heterocycles. The molecule has 0 spiro atoms. The van der Waals surface area contributed by atoms with Crippen LogP contribution in [0.3, 0.4) is 0 Å². The maximum Gasteiger partial charge on any atom is 0.244 e. The van der Waals surface area contributed by atoms with Gasteiger partial charge in [0.05, 0.1) is 25.3 Å². The molecule has 2 rings (SSSR count). The molecule has 0 unspecified atom stereocenters. The second kappa shape index (κ2) is 11.6. The van der Waals surface area contributed by atoms with E-state index in [1.807, 2.05) is 46.8 Å². The fourth-order valence-corrected chi connectivity index (χ4v) is 3.46. The second-order valence-electron chi connectivity index (χ2n) is 8.11. The van der Waals surface area contributed by atoms with Crippen molar-refractivity contribution in [3.05, 3.63) is 57.6 Å². The van der Waals surface area contributed by atoms with Gasteiger partial charge in [-0.05, 0) is 61.6 Å². The van der Waals surface area contributed by atoms with E-state index < -0.39 is 5.91 Å². The highest BCUT2D eigenvalue weighted by Gasteiger charge is 2.13. The van der Waals surface area contributed by atoms with Crippen LogP contribution in [0.5, 0.6) is 11.5 Å². The van der Waals surface area contributed by atoms with Gasteiger partial charge in [0.15, 0.2) is 11.5 Å². The Labute approximate surface area is 194 Å². The van der Waals surface area contributed by atoms with Crippen LogP contribution in [0.15, 0.2) is 30.3 Å². The van der Waals surface area contributed by atoms with Crippen molar-refractivity contribution in [2.45, 2.75) is 34.6 Å². The van der Waals surface area contributed by atoms with Crippen LogP contribution in [0.4, 0.5) is 5.69 Å². The lowest BCUT2D eigenvalue weighted by atomic mass is 10.1. The summed E-state index contributed by atoms with van der Waals surface area (Å²) in [7, 11) is 1.53. The van der Waals surface area contributed by atoms with Crippen LogP contribution < -0.4 is 20.1 Å². The number of rotatable bonds is 9. The fraction of sp³-hybridized carbons (Fsp3) is 0.360. The first-order valence-electron chi connectivity index (χ1n) is 10.4. The van der Waals surface area contributed by atoms with E-state index in [9.17, 15) is 9.59 Å². The number of aryl methyl sites for hydroxylation is 3. The van der Waals surface area contributed by atoms with Gasteiger partial charge in [-0.2, -0.15) is 0 Å². The Bertz CT molecular complexity index is 992. The molecule has 32 heavy (non-hydrogen) atoms. The number of benzene rings is 2. The smallest absolute Gasteiger partial charge is 0.244 e. The van der Waals surface area contributed by atoms with E-state index in [2.05, 4.69) is 10.6 Å².